The van der Waals surface area contributed by atoms with E-state index >= 15 is 4.39 Å². The first kappa shape index (κ1) is 22.6. The molecule has 7 heteroatoms. The van der Waals surface area contributed by atoms with Gasteiger partial charge in [0, 0.05) is 43.8 Å². The Kier molecular flexibility index (Phi) is 6.13. The molecule has 6 nitrogen and oxygen atoms in total. The minimum absolute atomic E-state index is 0.0447. The Morgan fingerprint density at radius 1 is 1.12 bits per heavy atom. The molecule has 34 heavy (non-hydrogen) atoms. The molecule has 2 heterocycles. The smallest absolute Gasteiger partial charge is 0.343 e. The van der Waals surface area contributed by atoms with E-state index in [1.165, 1.54) is 6.07 Å². The first-order valence-electron chi connectivity index (χ1n) is 12.0. The van der Waals surface area contributed by atoms with Crippen LogP contribution in [-0.2, 0) is 11.3 Å². The third kappa shape index (κ3) is 4.32. The molecular weight excluding hydrogens is 433 g/mol. The SMILES string of the molecule is CCN1CCN(c2cc3c(cc2F)c(=O)c(C(=O)OCc2ccccc2C)cn3C2CC2)CC1. The Bertz CT molecular complexity index is 1290. The van der Waals surface area contributed by atoms with Crippen molar-refractivity contribution in [3.05, 3.63) is 75.3 Å². The first-order chi connectivity index (χ1) is 16.5. The maximum atomic E-state index is 15.2. The fraction of sp³-hybridized carbons (Fsp3) is 0.407. The van der Waals surface area contributed by atoms with Crippen LogP contribution in [0.4, 0.5) is 10.1 Å². The molecule has 2 aromatic carbocycles. The molecule has 5 rings (SSSR count). The molecule has 0 unspecified atom stereocenters. The van der Waals surface area contributed by atoms with E-state index in [1.54, 1.807) is 12.3 Å². The van der Waals surface area contributed by atoms with Crippen LogP contribution in [0.15, 0.2) is 47.4 Å². The summed E-state index contributed by atoms with van der Waals surface area (Å²) >= 11 is 0. The lowest BCUT2D eigenvalue weighted by molar-refractivity contribution is 0.0470. The number of fused-ring (bicyclic) bond motifs is 1. The number of aromatic nitrogens is 1. The predicted octanol–water partition coefficient (Wildman–Crippen LogP) is 4.28. The number of rotatable bonds is 6. The van der Waals surface area contributed by atoms with Gasteiger partial charge in [-0.2, -0.15) is 0 Å². The highest BCUT2D eigenvalue weighted by atomic mass is 19.1. The number of anilines is 1. The second-order valence-electron chi connectivity index (χ2n) is 9.26. The molecular formula is C27H30FN3O3. The largest absolute Gasteiger partial charge is 0.457 e. The van der Waals surface area contributed by atoms with E-state index in [2.05, 4.69) is 11.8 Å². The molecule has 2 fully saturated rings. The van der Waals surface area contributed by atoms with Crippen molar-refractivity contribution in [3.8, 4) is 0 Å². The van der Waals surface area contributed by atoms with E-state index in [-0.39, 0.29) is 23.6 Å². The van der Waals surface area contributed by atoms with Crippen molar-refractivity contribution in [2.75, 3.05) is 37.6 Å². The molecule has 1 aromatic heterocycles. The number of carbonyl (C=O) groups excluding carboxylic acids is 1. The Balaban J connectivity index is 1.49. The van der Waals surface area contributed by atoms with Gasteiger partial charge in [-0.3, -0.25) is 4.79 Å². The number of hydrogen-bond donors (Lipinski definition) is 0. The van der Waals surface area contributed by atoms with Crippen molar-refractivity contribution in [3.63, 3.8) is 0 Å². The normalized spacial score (nSPS) is 16.7. The maximum absolute atomic E-state index is 15.2. The van der Waals surface area contributed by atoms with E-state index < -0.39 is 17.2 Å². The molecule has 0 bridgehead atoms. The van der Waals surface area contributed by atoms with Crippen LogP contribution in [0.5, 0.6) is 0 Å². The van der Waals surface area contributed by atoms with Gasteiger partial charge < -0.3 is 19.1 Å². The molecule has 0 atom stereocenters. The lowest BCUT2D eigenvalue weighted by Crippen LogP contribution is -2.46. The minimum atomic E-state index is -0.676. The Morgan fingerprint density at radius 3 is 2.53 bits per heavy atom. The van der Waals surface area contributed by atoms with Crippen LogP contribution < -0.4 is 10.3 Å². The number of likely N-dealkylation sites (N-methyl/N-ethyl adjacent to an activating group) is 1. The molecule has 0 radical (unpaired) electrons. The van der Waals surface area contributed by atoms with E-state index in [0.29, 0.717) is 11.2 Å². The molecule has 0 spiro atoms. The summed E-state index contributed by atoms with van der Waals surface area (Å²) in [7, 11) is 0. The van der Waals surface area contributed by atoms with Crippen molar-refractivity contribution in [2.45, 2.75) is 39.3 Å². The zero-order valence-corrected chi connectivity index (χ0v) is 19.7. The fourth-order valence-corrected chi connectivity index (χ4v) is 4.70. The summed E-state index contributed by atoms with van der Waals surface area (Å²) in [5.41, 5.74) is 2.57. The lowest BCUT2D eigenvalue weighted by atomic mass is 10.1. The summed E-state index contributed by atoms with van der Waals surface area (Å²) in [6.07, 6.45) is 3.55. The standard InChI is InChI=1S/C27H30FN3O3/c1-3-29-10-12-30(13-11-29)25-15-24-21(14-23(25)28)26(32)22(16-31(24)20-8-9-20)27(33)34-17-19-7-5-4-6-18(19)2/h4-7,14-16,20H,3,8-13,17H2,1-2H3. The number of pyridine rings is 1. The molecule has 3 aromatic rings. The van der Waals surface area contributed by atoms with Crippen LogP contribution in [0.3, 0.4) is 0 Å². The second kappa shape index (κ2) is 9.22. The highest BCUT2D eigenvalue weighted by Gasteiger charge is 2.29. The van der Waals surface area contributed by atoms with E-state index in [1.807, 2.05) is 40.7 Å². The van der Waals surface area contributed by atoms with Crippen LogP contribution in [0.1, 0.15) is 47.3 Å². The molecule has 178 valence electrons. The Morgan fingerprint density at radius 2 is 1.85 bits per heavy atom. The number of aryl methyl sites for hydroxylation is 1. The van der Waals surface area contributed by atoms with Gasteiger partial charge in [0.15, 0.2) is 0 Å². The molecule has 1 saturated heterocycles. The van der Waals surface area contributed by atoms with Gasteiger partial charge in [0.2, 0.25) is 5.43 Å². The summed E-state index contributed by atoms with van der Waals surface area (Å²) in [5, 5.41) is 0.227. The van der Waals surface area contributed by atoms with Gasteiger partial charge >= 0.3 is 5.97 Å². The zero-order chi connectivity index (χ0) is 23.8. The van der Waals surface area contributed by atoms with Gasteiger partial charge in [0.1, 0.15) is 18.0 Å². The van der Waals surface area contributed by atoms with Gasteiger partial charge in [0.25, 0.3) is 0 Å². The average Bonchev–Trinajstić information content (AvgIpc) is 3.69. The van der Waals surface area contributed by atoms with Gasteiger partial charge in [-0.05, 0) is 49.6 Å². The fourth-order valence-electron chi connectivity index (χ4n) is 4.70. The summed E-state index contributed by atoms with van der Waals surface area (Å²) in [6, 6.07) is 10.9. The summed E-state index contributed by atoms with van der Waals surface area (Å²) in [5.74, 6) is -1.10. The predicted molar refractivity (Wildman–Crippen MR) is 131 cm³/mol. The number of benzene rings is 2. The van der Waals surface area contributed by atoms with Crippen molar-refractivity contribution in [1.29, 1.82) is 0 Å². The topological polar surface area (TPSA) is 54.8 Å². The highest BCUT2D eigenvalue weighted by Crippen LogP contribution is 2.38. The number of carbonyl (C=O) groups is 1. The van der Waals surface area contributed by atoms with E-state index in [9.17, 15) is 9.59 Å². The summed E-state index contributed by atoms with van der Waals surface area (Å²) in [4.78, 5) is 30.6. The van der Waals surface area contributed by atoms with Crippen LogP contribution in [0.2, 0.25) is 0 Å². The van der Waals surface area contributed by atoms with Crippen molar-refractivity contribution < 1.29 is 13.9 Å². The van der Waals surface area contributed by atoms with Crippen LogP contribution >= 0.6 is 0 Å². The zero-order valence-electron chi connectivity index (χ0n) is 19.7. The Labute approximate surface area is 198 Å². The minimum Gasteiger partial charge on any atom is -0.457 e. The third-order valence-electron chi connectivity index (χ3n) is 7.04. The number of esters is 1. The Hall–Kier alpha value is -3.19. The number of halogens is 1. The van der Waals surface area contributed by atoms with Crippen LogP contribution in [0, 0.1) is 12.7 Å². The third-order valence-corrected chi connectivity index (χ3v) is 7.04. The van der Waals surface area contributed by atoms with Crippen molar-refractivity contribution >= 4 is 22.6 Å². The van der Waals surface area contributed by atoms with Gasteiger partial charge in [-0.15, -0.1) is 0 Å². The molecule has 0 N–H and O–H groups in total. The summed E-state index contributed by atoms with van der Waals surface area (Å²) in [6.45, 7) is 8.40. The number of piperazine rings is 1. The van der Waals surface area contributed by atoms with Gasteiger partial charge in [-0.25, -0.2) is 9.18 Å². The monoisotopic (exact) mass is 463 g/mol. The number of ether oxygens (including phenoxy) is 1. The molecule has 2 aliphatic rings. The lowest BCUT2D eigenvalue weighted by Gasteiger charge is -2.35. The maximum Gasteiger partial charge on any atom is 0.343 e. The number of hydrogen-bond acceptors (Lipinski definition) is 5. The molecule has 0 amide bonds. The molecule has 1 aliphatic heterocycles. The first-order valence-corrected chi connectivity index (χ1v) is 12.0. The van der Waals surface area contributed by atoms with Crippen LogP contribution in [0.25, 0.3) is 10.9 Å². The highest BCUT2D eigenvalue weighted by molar-refractivity contribution is 5.94. The molecule has 1 aliphatic carbocycles. The number of nitrogens with zero attached hydrogens (tertiary/aromatic N) is 3. The van der Waals surface area contributed by atoms with Crippen molar-refractivity contribution in [1.82, 2.24) is 9.47 Å². The average molecular weight is 464 g/mol. The molecule has 1 saturated carbocycles. The van der Waals surface area contributed by atoms with Crippen molar-refractivity contribution in [2.24, 2.45) is 0 Å². The van der Waals surface area contributed by atoms with Gasteiger partial charge in [0.05, 0.1) is 11.2 Å². The summed E-state index contributed by atoms with van der Waals surface area (Å²) < 4.78 is 22.7. The van der Waals surface area contributed by atoms with E-state index in [0.717, 1.165) is 56.7 Å². The van der Waals surface area contributed by atoms with Gasteiger partial charge in [-0.1, -0.05) is 31.2 Å². The van der Waals surface area contributed by atoms with Crippen LogP contribution in [-0.4, -0.2) is 48.2 Å². The van der Waals surface area contributed by atoms with E-state index in [4.69, 9.17) is 4.74 Å². The second-order valence-corrected chi connectivity index (χ2v) is 9.26. The quantitative estimate of drug-likeness (QED) is 0.511.